The summed E-state index contributed by atoms with van der Waals surface area (Å²) in [6.07, 6.45) is 11.2. The molecule has 0 unspecified atom stereocenters. The van der Waals surface area contributed by atoms with Gasteiger partial charge in [0.1, 0.15) is 5.60 Å². The standard InChI is InChI=1S/C12H18OS/c1-3-12(13)8-9(2)14-11-7-5-4-6-10(11)12/h1,9-11,13H,4-8H2,2H3/t9-,10-,11+,12+/m1/s1. The van der Waals surface area contributed by atoms with Crippen LogP contribution in [0.1, 0.15) is 39.0 Å². The minimum absolute atomic E-state index is 0.349. The molecule has 0 aromatic heterocycles. The molecule has 1 aliphatic carbocycles. The van der Waals surface area contributed by atoms with Crippen LogP contribution in [0.3, 0.4) is 0 Å². The van der Waals surface area contributed by atoms with Crippen molar-refractivity contribution in [3.8, 4) is 12.3 Å². The lowest BCUT2D eigenvalue weighted by molar-refractivity contribution is 0.0108. The van der Waals surface area contributed by atoms with Crippen molar-refractivity contribution in [3.63, 3.8) is 0 Å². The van der Waals surface area contributed by atoms with Gasteiger partial charge >= 0.3 is 0 Å². The first-order valence-electron chi connectivity index (χ1n) is 5.51. The van der Waals surface area contributed by atoms with E-state index in [-0.39, 0.29) is 0 Å². The molecular formula is C12H18OS. The van der Waals surface area contributed by atoms with E-state index >= 15 is 0 Å². The number of rotatable bonds is 0. The van der Waals surface area contributed by atoms with Gasteiger partial charge < -0.3 is 5.11 Å². The Morgan fingerprint density at radius 3 is 2.86 bits per heavy atom. The van der Waals surface area contributed by atoms with Crippen LogP contribution in [-0.2, 0) is 0 Å². The minimum Gasteiger partial charge on any atom is -0.377 e. The highest BCUT2D eigenvalue weighted by Gasteiger charge is 2.46. The zero-order valence-electron chi connectivity index (χ0n) is 8.70. The van der Waals surface area contributed by atoms with Gasteiger partial charge in [0, 0.05) is 16.4 Å². The average Bonchev–Trinajstić information content (AvgIpc) is 2.17. The number of aliphatic hydroxyl groups is 1. The average molecular weight is 210 g/mol. The summed E-state index contributed by atoms with van der Waals surface area (Å²) in [5.74, 6) is 3.00. The van der Waals surface area contributed by atoms with Gasteiger partial charge in [-0.05, 0) is 19.3 Å². The normalized spacial score (nSPS) is 47.9. The monoisotopic (exact) mass is 210 g/mol. The van der Waals surface area contributed by atoms with Gasteiger partial charge in [0.05, 0.1) is 0 Å². The Labute approximate surface area is 90.7 Å². The number of fused-ring (bicyclic) bond motifs is 1. The fourth-order valence-electron chi connectivity index (χ4n) is 2.91. The summed E-state index contributed by atoms with van der Waals surface area (Å²) >= 11 is 2.03. The molecule has 1 saturated carbocycles. The van der Waals surface area contributed by atoms with Gasteiger partial charge in [-0.25, -0.2) is 0 Å². The lowest BCUT2D eigenvalue weighted by Gasteiger charge is -2.46. The topological polar surface area (TPSA) is 20.2 Å². The van der Waals surface area contributed by atoms with Crippen molar-refractivity contribution in [2.45, 2.75) is 55.1 Å². The number of hydrogen-bond acceptors (Lipinski definition) is 2. The van der Waals surface area contributed by atoms with E-state index in [2.05, 4.69) is 12.8 Å². The molecular weight excluding hydrogens is 192 g/mol. The van der Waals surface area contributed by atoms with Gasteiger partial charge in [-0.3, -0.25) is 0 Å². The zero-order chi connectivity index (χ0) is 10.2. The zero-order valence-corrected chi connectivity index (χ0v) is 9.52. The van der Waals surface area contributed by atoms with E-state index in [9.17, 15) is 5.11 Å². The summed E-state index contributed by atoms with van der Waals surface area (Å²) in [6.45, 7) is 2.18. The molecule has 2 fully saturated rings. The third-order valence-corrected chi connectivity index (χ3v) is 5.12. The molecule has 1 N–H and O–H groups in total. The van der Waals surface area contributed by atoms with Gasteiger partial charge in [-0.15, -0.1) is 6.42 Å². The molecule has 1 heterocycles. The van der Waals surface area contributed by atoms with Crippen molar-refractivity contribution in [1.29, 1.82) is 0 Å². The molecule has 1 nitrogen and oxygen atoms in total. The molecule has 78 valence electrons. The van der Waals surface area contributed by atoms with Crippen LogP contribution >= 0.6 is 11.8 Å². The van der Waals surface area contributed by atoms with E-state index in [1.807, 2.05) is 11.8 Å². The maximum Gasteiger partial charge on any atom is 0.130 e. The Morgan fingerprint density at radius 1 is 1.43 bits per heavy atom. The fourth-order valence-corrected chi connectivity index (χ4v) is 4.71. The van der Waals surface area contributed by atoms with E-state index in [0.29, 0.717) is 16.4 Å². The Hall–Kier alpha value is -0.130. The Bertz CT molecular complexity index is 258. The third kappa shape index (κ3) is 1.68. The predicted octanol–water partition coefficient (Wildman–Crippen LogP) is 2.43. The van der Waals surface area contributed by atoms with Crippen molar-refractivity contribution in [2.24, 2.45) is 5.92 Å². The van der Waals surface area contributed by atoms with Crippen LogP contribution in [0.15, 0.2) is 0 Å². The van der Waals surface area contributed by atoms with Crippen LogP contribution in [0.25, 0.3) is 0 Å². The van der Waals surface area contributed by atoms with Crippen molar-refractivity contribution in [2.75, 3.05) is 0 Å². The van der Waals surface area contributed by atoms with Gasteiger partial charge in [0.25, 0.3) is 0 Å². The third-order valence-electron chi connectivity index (χ3n) is 3.57. The van der Waals surface area contributed by atoms with E-state index in [1.165, 1.54) is 19.3 Å². The van der Waals surface area contributed by atoms with Crippen LogP contribution in [0.4, 0.5) is 0 Å². The van der Waals surface area contributed by atoms with Crippen molar-refractivity contribution < 1.29 is 5.11 Å². The molecule has 0 spiro atoms. The van der Waals surface area contributed by atoms with Gasteiger partial charge in [-0.2, -0.15) is 11.8 Å². The first kappa shape index (κ1) is 10.4. The van der Waals surface area contributed by atoms with Gasteiger partial charge in [0.15, 0.2) is 0 Å². The maximum absolute atomic E-state index is 10.4. The molecule has 0 aromatic carbocycles. The molecule has 0 amide bonds. The summed E-state index contributed by atoms with van der Waals surface area (Å²) in [5, 5.41) is 11.5. The van der Waals surface area contributed by atoms with E-state index in [0.717, 1.165) is 12.8 Å². The first-order valence-corrected chi connectivity index (χ1v) is 6.45. The van der Waals surface area contributed by atoms with E-state index in [1.54, 1.807) is 0 Å². The van der Waals surface area contributed by atoms with Crippen molar-refractivity contribution >= 4 is 11.8 Å². The summed E-state index contributed by atoms with van der Waals surface area (Å²) in [4.78, 5) is 0. The van der Waals surface area contributed by atoms with Crippen LogP contribution in [0.5, 0.6) is 0 Å². The van der Waals surface area contributed by atoms with Crippen LogP contribution < -0.4 is 0 Å². The largest absolute Gasteiger partial charge is 0.377 e. The highest BCUT2D eigenvalue weighted by Crippen LogP contribution is 2.48. The number of terminal acetylenes is 1. The SMILES string of the molecule is C#C[C@]1(O)C[C@@H](C)S[C@H]2CCCC[C@H]21. The van der Waals surface area contributed by atoms with Crippen LogP contribution in [0, 0.1) is 18.3 Å². The predicted molar refractivity (Wildman–Crippen MR) is 61.2 cm³/mol. The summed E-state index contributed by atoms with van der Waals surface area (Å²) in [6, 6.07) is 0. The fraction of sp³-hybridized carbons (Fsp3) is 0.833. The van der Waals surface area contributed by atoms with Gasteiger partial charge in [-0.1, -0.05) is 25.7 Å². The van der Waals surface area contributed by atoms with Crippen molar-refractivity contribution in [3.05, 3.63) is 0 Å². The molecule has 0 bridgehead atoms. The molecule has 1 aliphatic heterocycles. The van der Waals surface area contributed by atoms with Gasteiger partial charge in [0.2, 0.25) is 0 Å². The summed E-state index contributed by atoms with van der Waals surface area (Å²) in [7, 11) is 0. The molecule has 2 heteroatoms. The molecule has 1 saturated heterocycles. The molecule has 2 rings (SSSR count). The second-order valence-corrected chi connectivity index (χ2v) is 6.33. The Morgan fingerprint density at radius 2 is 2.14 bits per heavy atom. The molecule has 2 aliphatic rings. The Balaban J connectivity index is 2.20. The highest BCUT2D eigenvalue weighted by molar-refractivity contribution is 8.00. The van der Waals surface area contributed by atoms with Crippen LogP contribution in [0.2, 0.25) is 0 Å². The van der Waals surface area contributed by atoms with Crippen molar-refractivity contribution in [1.82, 2.24) is 0 Å². The quantitative estimate of drug-likeness (QED) is 0.620. The van der Waals surface area contributed by atoms with E-state index in [4.69, 9.17) is 6.42 Å². The number of thioether (sulfide) groups is 1. The number of hydrogen-bond donors (Lipinski definition) is 1. The lowest BCUT2D eigenvalue weighted by Crippen LogP contribution is -2.49. The smallest absolute Gasteiger partial charge is 0.130 e. The lowest BCUT2D eigenvalue weighted by atomic mass is 9.74. The summed E-state index contributed by atoms with van der Waals surface area (Å²) < 4.78 is 0. The maximum atomic E-state index is 10.4. The Kier molecular flexibility index (Phi) is 2.81. The first-order chi connectivity index (χ1) is 6.65. The highest BCUT2D eigenvalue weighted by atomic mass is 32.2. The summed E-state index contributed by atoms with van der Waals surface area (Å²) in [5.41, 5.74) is -0.810. The molecule has 0 radical (unpaired) electrons. The van der Waals surface area contributed by atoms with E-state index < -0.39 is 5.60 Å². The minimum atomic E-state index is -0.810. The molecule has 14 heavy (non-hydrogen) atoms. The molecule has 0 aromatic rings. The second kappa shape index (κ2) is 3.79. The second-order valence-electron chi connectivity index (χ2n) is 4.65. The van der Waals surface area contributed by atoms with Crippen LogP contribution in [-0.4, -0.2) is 21.2 Å². The molecule has 4 atom stereocenters.